The standard InChI is InChI=1S/C15H30N2OS/c1-4-6-8-10-12-17(13-11-9-7-5-2)15(19)16-14(3)18/h4-13H2,1-3H3,(H,16,18,19). The summed E-state index contributed by atoms with van der Waals surface area (Å²) in [4.78, 5) is 13.2. The first kappa shape index (κ1) is 18.4. The number of carbonyl (C=O) groups excluding carboxylic acids is 1. The SMILES string of the molecule is CCCCCCN(CCCCCC)C(=S)NC(C)=O. The third-order valence-electron chi connectivity index (χ3n) is 3.13. The molecule has 0 aromatic carbocycles. The summed E-state index contributed by atoms with van der Waals surface area (Å²) in [5, 5.41) is 3.34. The van der Waals surface area contributed by atoms with E-state index in [2.05, 4.69) is 24.1 Å². The highest BCUT2D eigenvalue weighted by atomic mass is 32.1. The third-order valence-corrected chi connectivity index (χ3v) is 3.49. The molecule has 0 saturated carbocycles. The van der Waals surface area contributed by atoms with E-state index < -0.39 is 0 Å². The summed E-state index contributed by atoms with van der Waals surface area (Å²) >= 11 is 5.30. The predicted molar refractivity (Wildman–Crippen MR) is 86.3 cm³/mol. The van der Waals surface area contributed by atoms with Gasteiger partial charge in [-0.3, -0.25) is 4.79 Å². The molecule has 1 amide bonds. The van der Waals surface area contributed by atoms with Gasteiger partial charge in [-0.1, -0.05) is 52.4 Å². The highest BCUT2D eigenvalue weighted by Gasteiger charge is 2.09. The minimum Gasteiger partial charge on any atom is -0.349 e. The highest BCUT2D eigenvalue weighted by molar-refractivity contribution is 7.80. The van der Waals surface area contributed by atoms with Gasteiger partial charge in [-0.2, -0.15) is 0 Å². The maximum atomic E-state index is 11.1. The number of hydrogen-bond donors (Lipinski definition) is 1. The maximum absolute atomic E-state index is 11.1. The lowest BCUT2D eigenvalue weighted by Crippen LogP contribution is -2.42. The largest absolute Gasteiger partial charge is 0.349 e. The maximum Gasteiger partial charge on any atom is 0.222 e. The van der Waals surface area contributed by atoms with Crippen molar-refractivity contribution in [1.82, 2.24) is 10.2 Å². The summed E-state index contributed by atoms with van der Waals surface area (Å²) in [6.07, 6.45) is 9.82. The van der Waals surface area contributed by atoms with E-state index in [1.165, 1.54) is 45.4 Å². The fourth-order valence-corrected chi connectivity index (χ4v) is 2.33. The van der Waals surface area contributed by atoms with Gasteiger partial charge in [-0.25, -0.2) is 0 Å². The molecule has 0 bridgehead atoms. The van der Waals surface area contributed by atoms with Crippen molar-refractivity contribution in [3.05, 3.63) is 0 Å². The molecule has 0 aliphatic heterocycles. The second-order valence-electron chi connectivity index (χ2n) is 5.09. The molecule has 0 aromatic heterocycles. The Morgan fingerprint density at radius 1 is 0.947 bits per heavy atom. The summed E-state index contributed by atoms with van der Waals surface area (Å²) in [7, 11) is 0. The molecule has 3 nitrogen and oxygen atoms in total. The number of rotatable bonds is 10. The quantitative estimate of drug-likeness (QED) is 0.489. The van der Waals surface area contributed by atoms with Crippen molar-refractivity contribution in [1.29, 1.82) is 0 Å². The van der Waals surface area contributed by atoms with Gasteiger partial charge in [-0.15, -0.1) is 0 Å². The van der Waals surface area contributed by atoms with Crippen LogP contribution >= 0.6 is 12.2 Å². The Morgan fingerprint density at radius 3 is 1.79 bits per heavy atom. The lowest BCUT2D eigenvalue weighted by atomic mass is 10.2. The number of amides is 1. The van der Waals surface area contributed by atoms with E-state index in [1.807, 2.05) is 0 Å². The molecule has 0 unspecified atom stereocenters. The van der Waals surface area contributed by atoms with E-state index in [9.17, 15) is 4.79 Å². The Hall–Kier alpha value is -0.640. The van der Waals surface area contributed by atoms with Crippen molar-refractivity contribution in [2.45, 2.75) is 72.1 Å². The predicted octanol–water partition coefficient (Wildman–Crippen LogP) is 3.87. The third kappa shape index (κ3) is 10.9. The molecule has 112 valence electrons. The van der Waals surface area contributed by atoms with E-state index in [1.54, 1.807) is 0 Å². The van der Waals surface area contributed by atoms with Gasteiger partial charge in [0.15, 0.2) is 5.11 Å². The van der Waals surface area contributed by atoms with Gasteiger partial charge in [0.2, 0.25) is 5.91 Å². The molecular weight excluding hydrogens is 256 g/mol. The summed E-state index contributed by atoms with van der Waals surface area (Å²) in [5.74, 6) is -0.0721. The number of unbranched alkanes of at least 4 members (excludes halogenated alkanes) is 6. The minimum atomic E-state index is -0.0721. The molecule has 0 spiro atoms. The van der Waals surface area contributed by atoms with Gasteiger partial charge in [0.05, 0.1) is 0 Å². The van der Waals surface area contributed by atoms with E-state index in [-0.39, 0.29) is 5.91 Å². The molecule has 0 aliphatic carbocycles. The monoisotopic (exact) mass is 286 g/mol. The first-order valence-electron chi connectivity index (χ1n) is 7.68. The van der Waals surface area contributed by atoms with Gasteiger partial charge < -0.3 is 10.2 Å². The molecule has 0 fully saturated rings. The number of carbonyl (C=O) groups is 1. The molecule has 0 saturated heterocycles. The van der Waals surface area contributed by atoms with E-state index in [0.717, 1.165) is 25.9 Å². The second kappa shape index (κ2) is 12.4. The smallest absolute Gasteiger partial charge is 0.222 e. The molecule has 0 aromatic rings. The zero-order valence-corrected chi connectivity index (χ0v) is 13.7. The van der Waals surface area contributed by atoms with Crippen molar-refractivity contribution in [2.24, 2.45) is 0 Å². The first-order valence-corrected chi connectivity index (χ1v) is 8.09. The van der Waals surface area contributed by atoms with Crippen LogP contribution in [-0.2, 0) is 4.79 Å². The molecule has 0 rings (SSSR count). The molecule has 0 radical (unpaired) electrons. The van der Waals surface area contributed by atoms with Gasteiger partial charge in [0.25, 0.3) is 0 Å². The second-order valence-corrected chi connectivity index (χ2v) is 5.48. The summed E-state index contributed by atoms with van der Waals surface area (Å²) in [5.41, 5.74) is 0. The number of thiocarbonyl (C=S) groups is 1. The van der Waals surface area contributed by atoms with Crippen molar-refractivity contribution in [2.75, 3.05) is 13.1 Å². The van der Waals surface area contributed by atoms with Crippen LogP contribution in [0.5, 0.6) is 0 Å². The van der Waals surface area contributed by atoms with Crippen LogP contribution in [0.2, 0.25) is 0 Å². The summed E-state index contributed by atoms with van der Waals surface area (Å²) < 4.78 is 0. The first-order chi connectivity index (χ1) is 9.11. The topological polar surface area (TPSA) is 32.3 Å². The van der Waals surface area contributed by atoms with Gasteiger partial charge in [-0.05, 0) is 25.1 Å². The van der Waals surface area contributed by atoms with Crippen LogP contribution in [0.3, 0.4) is 0 Å². The van der Waals surface area contributed by atoms with Crippen molar-refractivity contribution >= 4 is 23.2 Å². The average Bonchev–Trinajstić information content (AvgIpc) is 2.36. The Balaban J connectivity index is 4.05. The molecule has 1 N–H and O–H groups in total. The summed E-state index contributed by atoms with van der Waals surface area (Å²) in [6.45, 7) is 7.87. The number of hydrogen-bond acceptors (Lipinski definition) is 2. The zero-order chi connectivity index (χ0) is 14.5. The Morgan fingerprint density at radius 2 is 1.42 bits per heavy atom. The number of nitrogens with zero attached hydrogens (tertiary/aromatic N) is 1. The fraction of sp³-hybridized carbons (Fsp3) is 0.867. The van der Waals surface area contributed by atoms with Crippen LogP contribution in [0.1, 0.15) is 72.1 Å². The minimum absolute atomic E-state index is 0.0721. The van der Waals surface area contributed by atoms with E-state index in [4.69, 9.17) is 12.2 Å². The fourth-order valence-electron chi connectivity index (χ4n) is 2.00. The van der Waals surface area contributed by atoms with Crippen LogP contribution in [0, 0.1) is 0 Å². The lowest BCUT2D eigenvalue weighted by Gasteiger charge is -2.25. The summed E-state index contributed by atoms with van der Waals surface area (Å²) in [6, 6.07) is 0. The van der Waals surface area contributed by atoms with Crippen molar-refractivity contribution < 1.29 is 4.79 Å². The molecule has 0 aliphatic rings. The molecular formula is C15H30N2OS. The average molecular weight is 286 g/mol. The van der Waals surface area contributed by atoms with Crippen molar-refractivity contribution in [3.63, 3.8) is 0 Å². The van der Waals surface area contributed by atoms with Gasteiger partial charge in [0.1, 0.15) is 0 Å². The Bertz CT molecular complexity index is 245. The normalized spacial score (nSPS) is 10.3. The van der Waals surface area contributed by atoms with Crippen LogP contribution in [-0.4, -0.2) is 29.0 Å². The number of nitrogens with one attached hydrogen (secondary N) is 1. The Labute approximate surface area is 124 Å². The molecule has 4 heteroatoms. The molecule has 0 heterocycles. The van der Waals surface area contributed by atoms with Crippen LogP contribution in [0.4, 0.5) is 0 Å². The highest BCUT2D eigenvalue weighted by Crippen LogP contribution is 2.05. The molecule has 0 atom stereocenters. The van der Waals surface area contributed by atoms with Crippen LogP contribution in [0.25, 0.3) is 0 Å². The van der Waals surface area contributed by atoms with E-state index >= 15 is 0 Å². The molecule has 19 heavy (non-hydrogen) atoms. The Kier molecular flexibility index (Phi) is 12.0. The van der Waals surface area contributed by atoms with Crippen molar-refractivity contribution in [3.8, 4) is 0 Å². The van der Waals surface area contributed by atoms with Gasteiger partial charge in [0, 0.05) is 20.0 Å². The van der Waals surface area contributed by atoms with Gasteiger partial charge >= 0.3 is 0 Å². The lowest BCUT2D eigenvalue weighted by molar-refractivity contribution is -0.117. The van der Waals surface area contributed by atoms with Crippen LogP contribution in [0.15, 0.2) is 0 Å². The zero-order valence-electron chi connectivity index (χ0n) is 12.8. The van der Waals surface area contributed by atoms with Crippen LogP contribution < -0.4 is 5.32 Å². The van der Waals surface area contributed by atoms with E-state index in [0.29, 0.717) is 5.11 Å².